The molecule has 7 nitrogen and oxygen atoms in total. The maximum atomic E-state index is 12.8. The summed E-state index contributed by atoms with van der Waals surface area (Å²) in [5.74, 6) is 0.304. The molecule has 3 aromatic heterocycles. The van der Waals surface area contributed by atoms with E-state index in [0.717, 1.165) is 33.8 Å². The Bertz CT molecular complexity index is 1360. The van der Waals surface area contributed by atoms with Crippen molar-refractivity contribution in [3.63, 3.8) is 0 Å². The maximum absolute atomic E-state index is 12.8. The predicted octanol–water partition coefficient (Wildman–Crippen LogP) is 6.53. The second kappa shape index (κ2) is 11.9. The van der Waals surface area contributed by atoms with Crippen LogP contribution in [0.25, 0.3) is 22.5 Å². The molecule has 0 fully saturated rings. The zero-order valence-electron chi connectivity index (χ0n) is 20.7. The number of ether oxygens (including phenoxy) is 1. The van der Waals surface area contributed by atoms with Gasteiger partial charge in [-0.15, -0.1) is 32.9 Å². The van der Waals surface area contributed by atoms with Gasteiger partial charge in [0.2, 0.25) is 5.91 Å². The number of benzene rings is 1. The molecule has 188 valence electrons. The summed E-state index contributed by atoms with van der Waals surface area (Å²) in [5, 5.41) is 15.1. The minimum Gasteiger partial charge on any atom is -0.462 e. The first-order chi connectivity index (χ1) is 17.5. The molecular weight excluding hydrogens is 513 g/mol. The topological polar surface area (TPSA) is 86.1 Å². The summed E-state index contributed by atoms with van der Waals surface area (Å²) in [6, 6.07) is 12.1. The highest BCUT2D eigenvalue weighted by atomic mass is 32.2. The van der Waals surface area contributed by atoms with Crippen molar-refractivity contribution in [3.8, 4) is 22.5 Å². The third-order valence-corrected chi connectivity index (χ3v) is 8.60. The van der Waals surface area contributed by atoms with Crippen LogP contribution in [0.4, 0.5) is 5.00 Å². The molecule has 1 N–H and O–H groups in total. The van der Waals surface area contributed by atoms with Crippen LogP contribution < -0.4 is 5.32 Å². The van der Waals surface area contributed by atoms with Crippen molar-refractivity contribution in [2.45, 2.75) is 45.8 Å². The Morgan fingerprint density at radius 1 is 1.14 bits per heavy atom. The largest absolute Gasteiger partial charge is 0.462 e. The van der Waals surface area contributed by atoms with Crippen LogP contribution in [-0.4, -0.2) is 39.0 Å². The number of amides is 1. The number of anilines is 1. The van der Waals surface area contributed by atoms with Gasteiger partial charge in [-0.3, -0.25) is 4.79 Å². The third-order valence-electron chi connectivity index (χ3n) is 5.52. The molecule has 0 saturated heterocycles. The summed E-state index contributed by atoms with van der Waals surface area (Å²) in [7, 11) is 0. The summed E-state index contributed by atoms with van der Waals surface area (Å²) in [5.41, 5.74) is 3.75. The standard InChI is InChI=1S/C26H28N4O3S3/c1-5-18-13-19(25(32)33-7-3)24(36-18)27-21(31)15-35-26-29-28-23(30(26)6-2)20-14-34-16(4)22(20)17-11-9-8-10-12-17/h8-14H,5-7,15H2,1-4H3,(H,27,31). The average molecular weight is 541 g/mol. The lowest BCUT2D eigenvalue weighted by atomic mass is 10.0. The number of aromatic nitrogens is 3. The van der Waals surface area contributed by atoms with Gasteiger partial charge in [0.25, 0.3) is 0 Å². The Morgan fingerprint density at radius 3 is 2.61 bits per heavy atom. The fraction of sp³-hybridized carbons (Fsp3) is 0.308. The van der Waals surface area contributed by atoms with E-state index in [-0.39, 0.29) is 18.3 Å². The monoisotopic (exact) mass is 540 g/mol. The second-order valence-corrected chi connectivity index (χ2v) is 11.0. The molecule has 4 aromatic rings. The average Bonchev–Trinajstić information content (AvgIpc) is 3.59. The molecule has 0 aliphatic rings. The number of aryl methyl sites for hydroxylation is 2. The van der Waals surface area contributed by atoms with Crippen molar-refractivity contribution < 1.29 is 14.3 Å². The third kappa shape index (κ3) is 5.55. The Morgan fingerprint density at radius 2 is 1.92 bits per heavy atom. The smallest absolute Gasteiger partial charge is 0.341 e. The van der Waals surface area contributed by atoms with E-state index in [2.05, 4.69) is 40.0 Å². The zero-order valence-corrected chi connectivity index (χ0v) is 23.1. The summed E-state index contributed by atoms with van der Waals surface area (Å²) in [4.78, 5) is 27.3. The molecule has 0 aliphatic heterocycles. The first-order valence-electron chi connectivity index (χ1n) is 11.8. The van der Waals surface area contributed by atoms with Crippen LogP contribution in [0.1, 0.15) is 40.9 Å². The number of nitrogens with one attached hydrogen (secondary N) is 1. The summed E-state index contributed by atoms with van der Waals surface area (Å²) in [6.07, 6.45) is 0.775. The highest BCUT2D eigenvalue weighted by Crippen LogP contribution is 2.39. The highest BCUT2D eigenvalue weighted by Gasteiger charge is 2.22. The lowest BCUT2D eigenvalue weighted by Crippen LogP contribution is -2.16. The highest BCUT2D eigenvalue weighted by molar-refractivity contribution is 7.99. The summed E-state index contributed by atoms with van der Waals surface area (Å²) >= 11 is 4.42. The fourth-order valence-electron chi connectivity index (χ4n) is 3.83. The van der Waals surface area contributed by atoms with Gasteiger partial charge in [-0.05, 0) is 38.8 Å². The lowest BCUT2D eigenvalue weighted by Gasteiger charge is -2.09. The first kappa shape index (κ1) is 26.1. The SMILES string of the molecule is CCOC(=O)c1cc(CC)sc1NC(=O)CSc1nnc(-c2csc(C)c2-c2ccccc2)n1CC. The molecule has 0 aliphatic carbocycles. The zero-order chi connectivity index (χ0) is 25.7. The number of thioether (sulfide) groups is 1. The van der Waals surface area contributed by atoms with Gasteiger partial charge >= 0.3 is 5.97 Å². The molecule has 1 aromatic carbocycles. The van der Waals surface area contributed by atoms with Crippen molar-refractivity contribution in [1.29, 1.82) is 0 Å². The van der Waals surface area contributed by atoms with Crippen molar-refractivity contribution in [2.24, 2.45) is 0 Å². The molecule has 36 heavy (non-hydrogen) atoms. The van der Waals surface area contributed by atoms with Crippen molar-refractivity contribution in [2.75, 3.05) is 17.7 Å². The van der Waals surface area contributed by atoms with Gasteiger partial charge in [0.15, 0.2) is 11.0 Å². The van der Waals surface area contributed by atoms with Gasteiger partial charge in [-0.2, -0.15) is 0 Å². The Hall–Kier alpha value is -2.95. The minimum absolute atomic E-state index is 0.147. The van der Waals surface area contributed by atoms with Crippen LogP contribution in [0.15, 0.2) is 46.9 Å². The van der Waals surface area contributed by atoms with Gasteiger partial charge in [-0.1, -0.05) is 49.0 Å². The van der Waals surface area contributed by atoms with Crippen LogP contribution in [0.3, 0.4) is 0 Å². The molecular formula is C26H28N4O3S3. The number of esters is 1. The molecule has 0 spiro atoms. The molecule has 10 heteroatoms. The Labute approximate surface area is 222 Å². The van der Waals surface area contributed by atoms with E-state index in [4.69, 9.17) is 4.74 Å². The van der Waals surface area contributed by atoms with Gasteiger partial charge in [0, 0.05) is 32.8 Å². The molecule has 0 radical (unpaired) electrons. The van der Waals surface area contributed by atoms with Crippen LogP contribution >= 0.6 is 34.4 Å². The number of hydrogen-bond acceptors (Lipinski definition) is 8. The molecule has 0 saturated carbocycles. The van der Waals surface area contributed by atoms with Crippen molar-refractivity contribution >= 4 is 51.3 Å². The summed E-state index contributed by atoms with van der Waals surface area (Å²) in [6.45, 7) is 8.88. The van der Waals surface area contributed by atoms with Crippen LogP contribution in [0, 0.1) is 6.92 Å². The molecule has 1 amide bonds. The van der Waals surface area contributed by atoms with Gasteiger partial charge < -0.3 is 14.6 Å². The van der Waals surface area contributed by atoms with Crippen molar-refractivity contribution in [1.82, 2.24) is 14.8 Å². The molecule has 4 rings (SSSR count). The van der Waals surface area contributed by atoms with E-state index in [1.165, 1.54) is 28.0 Å². The van der Waals surface area contributed by atoms with E-state index < -0.39 is 5.97 Å². The second-order valence-electron chi connectivity index (χ2n) is 7.86. The molecule has 0 bridgehead atoms. The number of nitrogens with zero attached hydrogens (tertiary/aromatic N) is 3. The maximum Gasteiger partial charge on any atom is 0.341 e. The van der Waals surface area contributed by atoms with Gasteiger partial charge in [-0.25, -0.2) is 4.79 Å². The molecule has 3 heterocycles. The minimum atomic E-state index is -0.424. The molecule has 0 unspecified atom stereocenters. The molecule has 0 atom stereocenters. The van der Waals surface area contributed by atoms with Crippen LogP contribution in [-0.2, 0) is 22.5 Å². The Balaban J connectivity index is 1.52. The van der Waals surface area contributed by atoms with Crippen molar-refractivity contribution in [3.05, 3.63) is 57.1 Å². The summed E-state index contributed by atoms with van der Waals surface area (Å²) < 4.78 is 7.18. The predicted molar refractivity (Wildman–Crippen MR) is 148 cm³/mol. The van der Waals surface area contributed by atoms with E-state index in [0.29, 0.717) is 22.3 Å². The van der Waals surface area contributed by atoms with E-state index in [9.17, 15) is 9.59 Å². The van der Waals surface area contributed by atoms with Crippen LogP contribution in [0.2, 0.25) is 0 Å². The number of rotatable bonds is 10. The van der Waals surface area contributed by atoms with E-state index in [1.54, 1.807) is 24.3 Å². The van der Waals surface area contributed by atoms with Gasteiger partial charge in [0.1, 0.15) is 5.00 Å². The quantitative estimate of drug-likeness (QED) is 0.182. The number of carbonyl (C=O) groups excluding carboxylic acids is 2. The first-order valence-corrected chi connectivity index (χ1v) is 14.4. The van der Waals surface area contributed by atoms with Crippen LogP contribution in [0.5, 0.6) is 0 Å². The number of carbonyl (C=O) groups is 2. The number of hydrogen-bond donors (Lipinski definition) is 1. The van der Waals surface area contributed by atoms with Gasteiger partial charge in [0.05, 0.1) is 17.9 Å². The normalized spacial score (nSPS) is 11.0. The van der Waals surface area contributed by atoms with E-state index >= 15 is 0 Å². The van der Waals surface area contributed by atoms with E-state index in [1.807, 2.05) is 36.6 Å². The fourth-order valence-corrected chi connectivity index (χ4v) is 6.49. The lowest BCUT2D eigenvalue weighted by molar-refractivity contribution is -0.113. The number of thiophene rings is 2. The Kier molecular flexibility index (Phi) is 8.60.